The molecule has 11 heteroatoms. The van der Waals surface area contributed by atoms with Gasteiger partial charge in [0.2, 0.25) is 0 Å². The molecule has 2 heterocycles. The van der Waals surface area contributed by atoms with Crippen LogP contribution in [0.2, 0.25) is 0 Å². The molecule has 0 spiro atoms. The van der Waals surface area contributed by atoms with E-state index < -0.39 is 48.0 Å². The van der Waals surface area contributed by atoms with Gasteiger partial charge in [-0.05, 0) is 48.6 Å². The zero-order chi connectivity index (χ0) is 28.8. The van der Waals surface area contributed by atoms with Crippen molar-refractivity contribution in [2.45, 2.75) is 24.5 Å². The monoisotopic (exact) mass is 572 g/mol. The summed E-state index contributed by atoms with van der Waals surface area (Å²) in [7, 11) is 0. The van der Waals surface area contributed by atoms with Crippen molar-refractivity contribution in [1.82, 2.24) is 9.55 Å². The van der Waals surface area contributed by atoms with Crippen LogP contribution in [0.1, 0.15) is 37.3 Å². The molecule has 4 aromatic rings. The van der Waals surface area contributed by atoms with E-state index in [0.717, 1.165) is 0 Å². The van der Waals surface area contributed by atoms with Crippen molar-refractivity contribution in [2.75, 3.05) is 6.61 Å². The summed E-state index contributed by atoms with van der Waals surface area (Å²) in [5, 5.41) is 0. The fourth-order valence-electron chi connectivity index (χ4n) is 4.31. The first-order valence-electron chi connectivity index (χ1n) is 12.6. The maximum Gasteiger partial charge on any atom is 0.338 e. The van der Waals surface area contributed by atoms with Gasteiger partial charge in [-0.3, -0.25) is 14.3 Å². The quantitative estimate of drug-likeness (QED) is 0.189. The number of hydrogen-bond acceptors (Lipinski definition) is 9. The predicted octanol–water partition coefficient (Wildman–Crippen LogP) is 4.11. The van der Waals surface area contributed by atoms with Crippen LogP contribution in [0.25, 0.3) is 0 Å². The molecule has 1 aliphatic rings. The van der Waals surface area contributed by atoms with Crippen LogP contribution in [-0.2, 0) is 18.9 Å². The normalized spacial score (nSPS) is 19.7. The summed E-state index contributed by atoms with van der Waals surface area (Å²) in [5.74, 6) is -2.03. The van der Waals surface area contributed by atoms with Gasteiger partial charge in [0.05, 0.1) is 16.7 Å². The summed E-state index contributed by atoms with van der Waals surface area (Å²) in [5.41, 5.74) is 0.380. The predicted molar refractivity (Wildman–Crippen MR) is 148 cm³/mol. The topological polar surface area (TPSA) is 126 Å². The van der Waals surface area contributed by atoms with E-state index in [0.29, 0.717) is 5.56 Å². The third kappa shape index (κ3) is 6.48. The average molecular weight is 573 g/mol. The molecule has 0 aliphatic carbocycles. The zero-order valence-corrected chi connectivity index (χ0v) is 22.3. The van der Waals surface area contributed by atoms with Crippen molar-refractivity contribution in [1.29, 1.82) is 0 Å². The molecule has 41 heavy (non-hydrogen) atoms. The Hall–Kier alpha value is -4.87. The maximum absolute atomic E-state index is 13.2. The molecular formula is C30H24N2O8S. The summed E-state index contributed by atoms with van der Waals surface area (Å²) in [6.45, 7) is -0.340. The molecular weight excluding hydrogens is 548 g/mol. The molecule has 1 aromatic heterocycles. The number of hydrogen-bond donors (Lipinski definition) is 1. The van der Waals surface area contributed by atoms with Crippen molar-refractivity contribution in [3.63, 3.8) is 0 Å². The average Bonchev–Trinajstić information content (AvgIpc) is 3.33. The molecule has 10 nitrogen and oxygen atoms in total. The number of nitrogens with zero attached hydrogens (tertiary/aromatic N) is 1. The first-order chi connectivity index (χ1) is 19.9. The first kappa shape index (κ1) is 27.7. The van der Waals surface area contributed by atoms with E-state index in [1.54, 1.807) is 91.0 Å². The minimum atomic E-state index is -1.24. The van der Waals surface area contributed by atoms with Gasteiger partial charge >= 0.3 is 17.9 Å². The molecule has 1 unspecified atom stereocenters. The molecule has 4 atom stereocenters. The van der Waals surface area contributed by atoms with Gasteiger partial charge in [-0.15, -0.1) is 0 Å². The summed E-state index contributed by atoms with van der Waals surface area (Å²) in [6, 6.07) is 26.1. The Labute approximate surface area is 239 Å². The van der Waals surface area contributed by atoms with Crippen LogP contribution in [0, 0.1) is 4.77 Å². The number of H-pyrrole nitrogens is 1. The lowest BCUT2D eigenvalue weighted by Crippen LogP contribution is -2.41. The van der Waals surface area contributed by atoms with Crippen LogP contribution in [0.3, 0.4) is 0 Å². The molecule has 3 aromatic carbocycles. The van der Waals surface area contributed by atoms with Crippen molar-refractivity contribution in [2.24, 2.45) is 0 Å². The van der Waals surface area contributed by atoms with Crippen LogP contribution < -0.4 is 5.56 Å². The standard InChI is InChI=1S/C30H24N2O8S/c33-23-16-17-32(30(41)31-23)26-25(40-29(36)21-14-8-3-9-15-21)24(39-28(35)20-12-6-2-7-13-20)22(38-26)18-37-27(34)19-10-4-1-5-11-19/h1-17,22,24-26H,18H2,(H,31,33,41)/t22-,24?,25+,26-/m1/s1. The molecule has 0 amide bonds. The molecule has 1 fully saturated rings. The molecule has 0 saturated carbocycles. The second-order valence-corrected chi connectivity index (χ2v) is 9.41. The van der Waals surface area contributed by atoms with Gasteiger partial charge < -0.3 is 18.9 Å². The molecule has 0 radical (unpaired) electrons. The van der Waals surface area contributed by atoms with Crippen molar-refractivity contribution in [3.05, 3.63) is 135 Å². The van der Waals surface area contributed by atoms with Gasteiger partial charge in [0, 0.05) is 12.3 Å². The number of esters is 3. The second kappa shape index (κ2) is 12.5. The van der Waals surface area contributed by atoms with Gasteiger partial charge in [-0.25, -0.2) is 14.4 Å². The van der Waals surface area contributed by atoms with Gasteiger partial charge in [0.25, 0.3) is 5.56 Å². The third-order valence-corrected chi connectivity index (χ3v) is 6.62. The molecule has 208 valence electrons. The fourth-order valence-corrected chi connectivity index (χ4v) is 4.57. The highest BCUT2D eigenvalue weighted by molar-refractivity contribution is 7.71. The minimum Gasteiger partial charge on any atom is -0.459 e. The van der Waals surface area contributed by atoms with E-state index >= 15 is 0 Å². The fraction of sp³-hybridized carbons (Fsp3) is 0.167. The Kier molecular flexibility index (Phi) is 8.47. The lowest BCUT2D eigenvalue weighted by Gasteiger charge is -2.25. The highest BCUT2D eigenvalue weighted by Gasteiger charge is 2.51. The molecule has 5 rings (SSSR count). The Morgan fingerprint density at radius 2 is 1.22 bits per heavy atom. The number of rotatable bonds is 8. The number of benzene rings is 3. The molecule has 1 saturated heterocycles. The van der Waals surface area contributed by atoms with E-state index in [9.17, 15) is 19.2 Å². The van der Waals surface area contributed by atoms with Gasteiger partial charge in [-0.2, -0.15) is 0 Å². The lowest BCUT2D eigenvalue weighted by molar-refractivity contribution is -0.0632. The maximum atomic E-state index is 13.2. The van der Waals surface area contributed by atoms with E-state index in [4.69, 9.17) is 31.2 Å². The highest BCUT2D eigenvalue weighted by Crippen LogP contribution is 2.35. The number of carbonyl (C=O) groups excluding carboxylic acids is 3. The van der Waals surface area contributed by atoms with Crippen LogP contribution in [0.15, 0.2) is 108 Å². The summed E-state index contributed by atoms with van der Waals surface area (Å²) < 4.78 is 24.8. The van der Waals surface area contributed by atoms with Crippen molar-refractivity contribution < 1.29 is 33.3 Å². The third-order valence-electron chi connectivity index (χ3n) is 6.30. The SMILES string of the molecule is O=C(OC[C@H]1O[C@@H](n2ccc(=O)[nH]c2=S)[C@@H](OC(=O)c2ccccc2)C1OC(=O)c1ccccc1)c1ccccc1. The minimum absolute atomic E-state index is 0.0154. The number of carbonyl (C=O) groups is 3. The second-order valence-electron chi connectivity index (χ2n) is 9.02. The number of ether oxygens (including phenoxy) is 4. The summed E-state index contributed by atoms with van der Waals surface area (Å²) in [4.78, 5) is 53.4. The lowest BCUT2D eigenvalue weighted by atomic mass is 10.1. The van der Waals surface area contributed by atoms with Gasteiger partial charge in [0.15, 0.2) is 23.2 Å². The van der Waals surface area contributed by atoms with Crippen molar-refractivity contribution >= 4 is 30.1 Å². The van der Waals surface area contributed by atoms with E-state index in [1.807, 2.05) is 0 Å². The zero-order valence-electron chi connectivity index (χ0n) is 21.5. The van der Waals surface area contributed by atoms with Crippen LogP contribution >= 0.6 is 12.2 Å². The van der Waals surface area contributed by atoms with Gasteiger partial charge in [0.1, 0.15) is 12.7 Å². The number of aromatic amines is 1. The summed E-state index contributed by atoms with van der Waals surface area (Å²) in [6.07, 6.45) is -3.29. The number of nitrogens with one attached hydrogen (secondary N) is 1. The van der Waals surface area contributed by atoms with Crippen LogP contribution in [0.5, 0.6) is 0 Å². The van der Waals surface area contributed by atoms with E-state index in [2.05, 4.69) is 4.98 Å². The van der Waals surface area contributed by atoms with E-state index in [-0.39, 0.29) is 22.5 Å². The molecule has 1 aliphatic heterocycles. The smallest absolute Gasteiger partial charge is 0.338 e. The van der Waals surface area contributed by atoms with Gasteiger partial charge in [-0.1, -0.05) is 54.6 Å². The Balaban J connectivity index is 1.50. The molecule has 0 bridgehead atoms. The number of aromatic nitrogens is 2. The van der Waals surface area contributed by atoms with Crippen LogP contribution in [0.4, 0.5) is 0 Å². The Morgan fingerprint density at radius 3 is 1.73 bits per heavy atom. The largest absolute Gasteiger partial charge is 0.459 e. The first-order valence-corrected chi connectivity index (χ1v) is 13.0. The Morgan fingerprint density at radius 1 is 0.732 bits per heavy atom. The highest BCUT2D eigenvalue weighted by atomic mass is 32.1. The molecule has 1 N–H and O–H groups in total. The van der Waals surface area contributed by atoms with E-state index in [1.165, 1.54) is 16.8 Å². The Bertz CT molecular complexity index is 1640. The summed E-state index contributed by atoms with van der Waals surface area (Å²) >= 11 is 5.34. The van der Waals surface area contributed by atoms with Crippen molar-refractivity contribution in [3.8, 4) is 0 Å². The van der Waals surface area contributed by atoms with Crippen LogP contribution in [-0.4, -0.2) is 52.4 Å².